The van der Waals surface area contributed by atoms with E-state index in [1.54, 1.807) is 13.1 Å². The van der Waals surface area contributed by atoms with Crippen LogP contribution < -0.4 is 5.56 Å². The predicted molar refractivity (Wildman–Crippen MR) is 110 cm³/mol. The topological polar surface area (TPSA) is 91.1 Å². The quantitative estimate of drug-likeness (QED) is 0.425. The Morgan fingerprint density at radius 1 is 1.10 bits per heavy atom. The fourth-order valence-electron chi connectivity index (χ4n) is 3.24. The summed E-state index contributed by atoms with van der Waals surface area (Å²) in [7, 11) is 1.69. The lowest BCUT2D eigenvalue weighted by atomic mass is 10.1. The summed E-state index contributed by atoms with van der Waals surface area (Å²) in [5.74, 6) is 2.01. The third kappa shape index (κ3) is 2.99. The highest BCUT2D eigenvalue weighted by molar-refractivity contribution is 7.98. The Balaban J connectivity index is 1.49. The van der Waals surface area contributed by atoms with E-state index in [4.69, 9.17) is 4.52 Å². The molecule has 0 aliphatic heterocycles. The largest absolute Gasteiger partial charge is 0.334 e. The summed E-state index contributed by atoms with van der Waals surface area (Å²) in [6.07, 6.45) is 0. The summed E-state index contributed by atoms with van der Waals surface area (Å²) < 4.78 is 8.79. The molecule has 0 aliphatic rings. The molecule has 0 radical (unpaired) electrons. The summed E-state index contributed by atoms with van der Waals surface area (Å²) in [5.41, 5.74) is 2.69. The molecule has 0 amide bonds. The molecule has 144 valence electrons. The maximum atomic E-state index is 12.5. The monoisotopic (exact) mass is 404 g/mol. The van der Waals surface area contributed by atoms with Gasteiger partial charge in [0.05, 0.1) is 16.7 Å². The van der Waals surface area contributed by atoms with Crippen LogP contribution in [0.5, 0.6) is 0 Å². The molecule has 0 aliphatic carbocycles. The highest BCUT2D eigenvalue weighted by atomic mass is 32.2. The van der Waals surface area contributed by atoms with E-state index in [-0.39, 0.29) is 5.56 Å². The predicted octanol–water partition coefficient (Wildman–Crippen LogP) is 3.23. The molecule has 2 aromatic carbocycles. The summed E-state index contributed by atoms with van der Waals surface area (Å²) >= 11 is 1.44. The number of aryl methyl sites for hydroxylation is 2. The SMILES string of the molecule is Cc1cccc(-c2nc(CSc3nnc4n(C)c(=O)c5ccccc5n34)no2)c1. The maximum absolute atomic E-state index is 12.5. The van der Waals surface area contributed by atoms with Crippen molar-refractivity contribution in [2.24, 2.45) is 7.05 Å². The molecule has 0 saturated heterocycles. The van der Waals surface area contributed by atoms with Gasteiger partial charge in [-0.2, -0.15) is 4.98 Å². The Bertz CT molecular complexity index is 1420. The van der Waals surface area contributed by atoms with Crippen molar-refractivity contribution in [3.8, 4) is 11.5 Å². The van der Waals surface area contributed by atoms with Crippen molar-refractivity contribution < 1.29 is 4.52 Å². The lowest BCUT2D eigenvalue weighted by Gasteiger charge is -2.06. The second kappa shape index (κ2) is 6.85. The molecule has 0 atom stereocenters. The molecular formula is C20H16N6O2S. The van der Waals surface area contributed by atoms with E-state index in [2.05, 4.69) is 20.3 Å². The van der Waals surface area contributed by atoms with Crippen molar-refractivity contribution in [2.75, 3.05) is 0 Å². The van der Waals surface area contributed by atoms with Gasteiger partial charge < -0.3 is 4.52 Å². The number of hydrogen-bond donors (Lipinski definition) is 0. The first kappa shape index (κ1) is 17.6. The van der Waals surface area contributed by atoms with Gasteiger partial charge in [-0.15, -0.1) is 10.2 Å². The maximum Gasteiger partial charge on any atom is 0.262 e. The molecule has 3 aromatic heterocycles. The van der Waals surface area contributed by atoms with Crippen LogP contribution in [0.25, 0.3) is 28.1 Å². The van der Waals surface area contributed by atoms with Gasteiger partial charge in [0, 0.05) is 12.6 Å². The first-order valence-electron chi connectivity index (χ1n) is 8.97. The van der Waals surface area contributed by atoms with Crippen molar-refractivity contribution in [2.45, 2.75) is 17.8 Å². The average Bonchev–Trinajstić information content (AvgIpc) is 3.38. The third-order valence-corrected chi connectivity index (χ3v) is 5.58. The number of rotatable bonds is 4. The van der Waals surface area contributed by atoms with Gasteiger partial charge in [-0.3, -0.25) is 13.8 Å². The van der Waals surface area contributed by atoms with Gasteiger partial charge in [-0.05, 0) is 31.2 Å². The van der Waals surface area contributed by atoms with Crippen molar-refractivity contribution in [3.05, 3.63) is 70.3 Å². The van der Waals surface area contributed by atoms with Crippen LogP contribution in [0.15, 0.2) is 63.0 Å². The first-order chi connectivity index (χ1) is 14.1. The van der Waals surface area contributed by atoms with Gasteiger partial charge in [0.2, 0.25) is 5.78 Å². The highest BCUT2D eigenvalue weighted by Crippen LogP contribution is 2.25. The molecule has 29 heavy (non-hydrogen) atoms. The van der Waals surface area contributed by atoms with E-state index >= 15 is 0 Å². The summed E-state index contributed by atoms with van der Waals surface area (Å²) in [5, 5.41) is 13.8. The lowest BCUT2D eigenvalue weighted by molar-refractivity contribution is 0.425. The van der Waals surface area contributed by atoms with Gasteiger partial charge in [0.25, 0.3) is 11.4 Å². The number of benzene rings is 2. The smallest absolute Gasteiger partial charge is 0.262 e. The fraction of sp³-hybridized carbons (Fsp3) is 0.150. The minimum absolute atomic E-state index is 0.0991. The van der Waals surface area contributed by atoms with Gasteiger partial charge in [-0.25, -0.2) is 0 Å². The first-order valence-corrected chi connectivity index (χ1v) is 9.95. The van der Waals surface area contributed by atoms with Crippen LogP contribution in [0.2, 0.25) is 0 Å². The number of hydrogen-bond acceptors (Lipinski definition) is 7. The Labute approximate surface area is 169 Å². The molecule has 0 fully saturated rings. The number of aromatic nitrogens is 6. The lowest BCUT2D eigenvalue weighted by Crippen LogP contribution is -2.20. The molecule has 8 nitrogen and oxygen atoms in total. The zero-order valence-corrected chi connectivity index (χ0v) is 16.6. The Morgan fingerprint density at radius 2 is 1.97 bits per heavy atom. The zero-order chi connectivity index (χ0) is 20.0. The molecule has 5 rings (SSSR count). The second-order valence-electron chi connectivity index (χ2n) is 6.67. The highest BCUT2D eigenvalue weighted by Gasteiger charge is 2.16. The third-order valence-electron chi connectivity index (χ3n) is 4.66. The average molecular weight is 404 g/mol. The molecule has 0 unspecified atom stereocenters. The number of nitrogens with zero attached hydrogens (tertiary/aromatic N) is 6. The van der Waals surface area contributed by atoms with Crippen molar-refractivity contribution in [3.63, 3.8) is 0 Å². The van der Waals surface area contributed by atoms with Gasteiger partial charge >= 0.3 is 0 Å². The van der Waals surface area contributed by atoms with E-state index in [0.717, 1.165) is 16.6 Å². The van der Waals surface area contributed by atoms with E-state index < -0.39 is 0 Å². The normalized spacial score (nSPS) is 11.5. The molecule has 3 heterocycles. The molecule has 0 spiro atoms. The Morgan fingerprint density at radius 3 is 2.83 bits per heavy atom. The van der Waals surface area contributed by atoms with Crippen LogP contribution in [0.3, 0.4) is 0 Å². The molecule has 0 saturated carbocycles. The van der Waals surface area contributed by atoms with E-state index in [1.165, 1.54) is 16.3 Å². The van der Waals surface area contributed by atoms with Gasteiger partial charge in [0.1, 0.15) is 0 Å². The second-order valence-corrected chi connectivity index (χ2v) is 7.62. The molecule has 5 aromatic rings. The van der Waals surface area contributed by atoms with E-state index in [9.17, 15) is 4.79 Å². The number of thioether (sulfide) groups is 1. The van der Waals surface area contributed by atoms with Crippen LogP contribution in [0.4, 0.5) is 0 Å². The minimum atomic E-state index is -0.0991. The molecule has 0 bridgehead atoms. The molecule has 0 N–H and O–H groups in total. The van der Waals surface area contributed by atoms with Crippen LogP contribution in [0.1, 0.15) is 11.4 Å². The van der Waals surface area contributed by atoms with Gasteiger partial charge in [0.15, 0.2) is 11.0 Å². The van der Waals surface area contributed by atoms with Crippen molar-refractivity contribution in [1.29, 1.82) is 0 Å². The zero-order valence-electron chi connectivity index (χ0n) is 15.7. The van der Waals surface area contributed by atoms with E-state index in [1.807, 2.05) is 53.8 Å². The fourth-order valence-corrected chi connectivity index (χ4v) is 4.02. The molecular weight excluding hydrogens is 388 g/mol. The van der Waals surface area contributed by atoms with Crippen molar-refractivity contribution in [1.82, 2.24) is 29.3 Å². The summed E-state index contributed by atoms with van der Waals surface area (Å²) in [6.45, 7) is 2.02. The van der Waals surface area contributed by atoms with Crippen molar-refractivity contribution >= 4 is 28.4 Å². The Hall–Kier alpha value is -3.46. The van der Waals surface area contributed by atoms with Crippen LogP contribution in [-0.2, 0) is 12.8 Å². The standard InChI is InChI=1S/C20H16N6O2S/c1-12-6-5-7-13(10-12)17-21-16(24-28-17)11-29-20-23-22-19-25(2)18(27)14-8-3-4-9-15(14)26(19)20/h3-10H,11H2,1-2H3. The van der Waals surface area contributed by atoms with Crippen LogP contribution in [0, 0.1) is 6.92 Å². The van der Waals surface area contributed by atoms with Gasteiger partial charge in [-0.1, -0.05) is 46.7 Å². The van der Waals surface area contributed by atoms with Crippen LogP contribution in [-0.4, -0.2) is 29.3 Å². The van der Waals surface area contributed by atoms with E-state index in [0.29, 0.717) is 33.8 Å². The molecule has 9 heteroatoms. The summed E-state index contributed by atoms with van der Waals surface area (Å²) in [6, 6.07) is 15.4. The summed E-state index contributed by atoms with van der Waals surface area (Å²) in [4.78, 5) is 17.0. The number of para-hydroxylation sites is 1. The number of fused-ring (bicyclic) bond motifs is 3. The Kier molecular flexibility index (Phi) is 4.17. The minimum Gasteiger partial charge on any atom is -0.334 e. The van der Waals surface area contributed by atoms with Crippen LogP contribution >= 0.6 is 11.8 Å².